The third-order valence-corrected chi connectivity index (χ3v) is 2.88. The Morgan fingerprint density at radius 2 is 1.76 bits per heavy atom. The summed E-state index contributed by atoms with van der Waals surface area (Å²) in [5, 5.41) is 8.84. The van der Waals surface area contributed by atoms with E-state index in [1.165, 1.54) is 30.5 Å². The van der Waals surface area contributed by atoms with E-state index in [0.717, 1.165) is 16.7 Å². The highest BCUT2D eigenvalue weighted by Gasteiger charge is 2.29. The van der Waals surface area contributed by atoms with Crippen LogP contribution in [0, 0.1) is 0 Å². The summed E-state index contributed by atoms with van der Waals surface area (Å²) in [6.45, 7) is -0.00189. The van der Waals surface area contributed by atoms with Gasteiger partial charge in [-0.1, -0.05) is 12.1 Å². The molecule has 2 aromatic rings. The molecular weight excluding hydrogens is 287 g/mol. The molecule has 0 bridgehead atoms. The molecule has 2 rings (SSSR count). The number of aromatic carboxylic acids is 1. The Morgan fingerprint density at radius 1 is 1.14 bits per heavy atom. The Kier molecular flexibility index (Phi) is 3.84. The van der Waals surface area contributed by atoms with E-state index < -0.39 is 23.3 Å². The topological polar surface area (TPSA) is 59.3 Å². The van der Waals surface area contributed by atoms with Crippen molar-refractivity contribution in [1.29, 1.82) is 0 Å². The van der Waals surface area contributed by atoms with E-state index in [1.807, 2.05) is 0 Å². The van der Waals surface area contributed by atoms with Crippen LogP contribution in [0.1, 0.15) is 21.5 Å². The van der Waals surface area contributed by atoms with Crippen LogP contribution in [-0.4, -0.2) is 15.6 Å². The zero-order valence-electron chi connectivity index (χ0n) is 10.6. The van der Waals surface area contributed by atoms with Crippen LogP contribution in [-0.2, 0) is 12.7 Å². The monoisotopic (exact) mass is 297 g/mol. The molecule has 7 heteroatoms. The van der Waals surface area contributed by atoms with E-state index in [0.29, 0.717) is 5.56 Å². The fraction of sp³-hybridized carbons (Fsp3) is 0.143. The highest BCUT2D eigenvalue weighted by molar-refractivity contribution is 5.86. The number of pyridine rings is 1. The minimum Gasteiger partial charge on any atom is -0.477 e. The molecule has 1 aromatic carbocycles. The van der Waals surface area contributed by atoms with E-state index >= 15 is 0 Å². The summed E-state index contributed by atoms with van der Waals surface area (Å²) >= 11 is 0. The smallest absolute Gasteiger partial charge is 0.416 e. The first-order valence-corrected chi connectivity index (χ1v) is 5.88. The molecule has 0 fully saturated rings. The van der Waals surface area contributed by atoms with Gasteiger partial charge in [0.2, 0.25) is 0 Å². The molecule has 0 aliphatic heterocycles. The average molecular weight is 297 g/mol. The molecule has 1 aromatic heterocycles. The van der Waals surface area contributed by atoms with Gasteiger partial charge in [-0.05, 0) is 29.8 Å². The fourth-order valence-electron chi connectivity index (χ4n) is 1.82. The van der Waals surface area contributed by atoms with Gasteiger partial charge in [-0.25, -0.2) is 4.79 Å². The van der Waals surface area contributed by atoms with E-state index in [2.05, 4.69) is 0 Å². The van der Waals surface area contributed by atoms with Crippen molar-refractivity contribution in [3.8, 4) is 0 Å². The van der Waals surface area contributed by atoms with Gasteiger partial charge < -0.3 is 9.67 Å². The van der Waals surface area contributed by atoms with Gasteiger partial charge in [-0.2, -0.15) is 13.2 Å². The standard InChI is InChI=1S/C14H10F3NO3/c15-14(16,17)10-5-3-9(4-6-10)8-18-7-1-2-11(12(18)19)13(20)21/h1-7H,8H2,(H,20,21). The first-order chi connectivity index (χ1) is 9.79. The molecule has 21 heavy (non-hydrogen) atoms. The summed E-state index contributed by atoms with van der Waals surface area (Å²) in [7, 11) is 0. The third kappa shape index (κ3) is 3.31. The molecule has 0 atom stereocenters. The predicted octanol–water partition coefficient (Wildman–Crippen LogP) is 2.61. The second-order valence-electron chi connectivity index (χ2n) is 4.35. The molecular formula is C14H10F3NO3. The van der Waals surface area contributed by atoms with Crippen LogP contribution >= 0.6 is 0 Å². The number of carboxylic acid groups (broad SMARTS) is 1. The lowest BCUT2D eigenvalue weighted by atomic mass is 10.1. The minimum atomic E-state index is -4.42. The normalized spacial score (nSPS) is 11.4. The van der Waals surface area contributed by atoms with E-state index in [1.54, 1.807) is 0 Å². The van der Waals surface area contributed by atoms with Crippen molar-refractivity contribution in [2.45, 2.75) is 12.7 Å². The van der Waals surface area contributed by atoms with Crippen molar-refractivity contribution in [2.24, 2.45) is 0 Å². The molecule has 0 saturated carbocycles. The summed E-state index contributed by atoms with van der Waals surface area (Å²) < 4.78 is 38.4. The highest BCUT2D eigenvalue weighted by atomic mass is 19.4. The van der Waals surface area contributed by atoms with Crippen LogP contribution < -0.4 is 5.56 Å². The lowest BCUT2D eigenvalue weighted by molar-refractivity contribution is -0.137. The van der Waals surface area contributed by atoms with Gasteiger partial charge in [0.15, 0.2) is 0 Å². The van der Waals surface area contributed by atoms with E-state index in [4.69, 9.17) is 5.11 Å². The number of hydrogen-bond donors (Lipinski definition) is 1. The zero-order valence-corrected chi connectivity index (χ0v) is 10.6. The Morgan fingerprint density at radius 3 is 2.29 bits per heavy atom. The lowest BCUT2D eigenvalue weighted by Crippen LogP contribution is -2.26. The van der Waals surface area contributed by atoms with E-state index in [-0.39, 0.29) is 12.1 Å². The van der Waals surface area contributed by atoms with Crippen molar-refractivity contribution >= 4 is 5.97 Å². The zero-order chi connectivity index (χ0) is 15.6. The number of halogens is 3. The van der Waals surface area contributed by atoms with Gasteiger partial charge in [-0.3, -0.25) is 4.79 Å². The molecule has 1 N–H and O–H groups in total. The number of carbonyl (C=O) groups is 1. The maximum absolute atomic E-state index is 12.4. The molecule has 110 valence electrons. The predicted molar refractivity (Wildman–Crippen MR) is 68.2 cm³/mol. The summed E-state index contributed by atoms with van der Waals surface area (Å²) in [6.07, 6.45) is -3.04. The Balaban J connectivity index is 2.29. The number of nitrogens with zero attached hydrogens (tertiary/aromatic N) is 1. The first-order valence-electron chi connectivity index (χ1n) is 5.88. The maximum Gasteiger partial charge on any atom is 0.416 e. The van der Waals surface area contributed by atoms with Crippen LogP contribution in [0.5, 0.6) is 0 Å². The van der Waals surface area contributed by atoms with Gasteiger partial charge in [0.25, 0.3) is 5.56 Å². The minimum absolute atomic E-state index is 0.00189. The van der Waals surface area contributed by atoms with Gasteiger partial charge >= 0.3 is 12.1 Å². The second kappa shape index (κ2) is 5.43. The summed E-state index contributed by atoms with van der Waals surface area (Å²) in [4.78, 5) is 22.7. The number of aromatic nitrogens is 1. The van der Waals surface area contributed by atoms with Crippen molar-refractivity contribution in [3.05, 3.63) is 69.6 Å². The number of hydrogen-bond acceptors (Lipinski definition) is 2. The van der Waals surface area contributed by atoms with Crippen molar-refractivity contribution in [1.82, 2.24) is 4.57 Å². The van der Waals surface area contributed by atoms with E-state index in [9.17, 15) is 22.8 Å². The molecule has 0 amide bonds. The van der Waals surface area contributed by atoms with Crippen molar-refractivity contribution < 1.29 is 23.1 Å². The molecule has 0 aliphatic rings. The van der Waals surface area contributed by atoms with Gasteiger partial charge in [0.1, 0.15) is 5.56 Å². The molecule has 0 aliphatic carbocycles. The second-order valence-corrected chi connectivity index (χ2v) is 4.35. The molecule has 0 radical (unpaired) electrons. The third-order valence-electron chi connectivity index (χ3n) is 2.88. The van der Waals surface area contributed by atoms with Gasteiger partial charge in [-0.15, -0.1) is 0 Å². The van der Waals surface area contributed by atoms with Crippen LogP contribution in [0.15, 0.2) is 47.4 Å². The van der Waals surface area contributed by atoms with Crippen molar-refractivity contribution in [3.63, 3.8) is 0 Å². The number of rotatable bonds is 3. The fourth-order valence-corrected chi connectivity index (χ4v) is 1.82. The lowest BCUT2D eigenvalue weighted by Gasteiger charge is -2.09. The SMILES string of the molecule is O=C(O)c1cccn(Cc2ccc(C(F)(F)F)cc2)c1=O. The van der Waals surface area contributed by atoms with Gasteiger partial charge in [0.05, 0.1) is 12.1 Å². The van der Waals surface area contributed by atoms with Crippen LogP contribution in [0.3, 0.4) is 0 Å². The molecule has 1 heterocycles. The van der Waals surface area contributed by atoms with Gasteiger partial charge in [0, 0.05) is 6.20 Å². The molecule has 0 spiro atoms. The number of benzene rings is 1. The summed E-state index contributed by atoms with van der Waals surface area (Å²) in [6, 6.07) is 6.91. The van der Waals surface area contributed by atoms with Crippen LogP contribution in [0.2, 0.25) is 0 Å². The summed E-state index contributed by atoms with van der Waals surface area (Å²) in [5.74, 6) is -1.35. The summed E-state index contributed by atoms with van der Waals surface area (Å²) in [5.41, 5.74) is -1.40. The Labute approximate surface area is 117 Å². The Bertz CT molecular complexity index is 717. The Hall–Kier alpha value is -2.57. The average Bonchev–Trinajstić information content (AvgIpc) is 2.40. The maximum atomic E-state index is 12.4. The largest absolute Gasteiger partial charge is 0.477 e. The molecule has 4 nitrogen and oxygen atoms in total. The number of carboxylic acids is 1. The van der Waals surface area contributed by atoms with Crippen molar-refractivity contribution in [2.75, 3.05) is 0 Å². The number of alkyl halides is 3. The first kappa shape index (κ1) is 14.8. The van der Waals surface area contributed by atoms with Crippen LogP contribution in [0.25, 0.3) is 0 Å². The van der Waals surface area contributed by atoms with Crippen LogP contribution in [0.4, 0.5) is 13.2 Å². The quantitative estimate of drug-likeness (QED) is 0.947. The highest BCUT2D eigenvalue weighted by Crippen LogP contribution is 2.29. The molecule has 0 unspecified atom stereocenters. The molecule has 0 saturated heterocycles.